The highest BCUT2D eigenvalue weighted by atomic mass is 19.4. The molecule has 2 fully saturated rings. The maximum Gasteiger partial charge on any atom is 0.422 e. The van der Waals surface area contributed by atoms with Crippen LogP contribution in [0.4, 0.5) is 13.2 Å². The van der Waals surface area contributed by atoms with Gasteiger partial charge < -0.3 is 15.0 Å². The molecule has 0 spiro atoms. The lowest BCUT2D eigenvalue weighted by Crippen LogP contribution is -2.57. The van der Waals surface area contributed by atoms with E-state index in [4.69, 9.17) is 4.74 Å². The summed E-state index contributed by atoms with van der Waals surface area (Å²) in [7, 11) is 0. The van der Waals surface area contributed by atoms with Crippen LogP contribution in [0.1, 0.15) is 62.0 Å². The van der Waals surface area contributed by atoms with Crippen molar-refractivity contribution in [2.24, 2.45) is 5.41 Å². The van der Waals surface area contributed by atoms with Crippen molar-refractivity contribution in [3.8, 4) is 5.75 Å². The average Bonchev–Trinajstić information content (AvgIpc) is 3.38. The fourth-order valence-electron chi connectivity index (χ4n) is 3.13. The van der Waals surface area contributed by atoms with Gasteiger partial charge in [-0.15, -0.1) is 0 Å². The number of halogens is 3. The quantitative estimate of drug-likeness (QED) is 0.777. The van der Waals surface area contributed by atoms with E-state index in [1.165, 1.54) is 12.3 Å². The molecule has 1 aliphatic carbocycles. The van der Waals surface area contributed by atoms with Gasteiger partial charge >= 0.3 is 6.18 Å². The Hall–Kier alpha value is -2.32. The van der Waals surface area contributed by atoms with Gasteiger partial charge in [0.2, 0.25) is 5.91 Å². The van der Waals surface area contributed by atoms with Crippen molar-refractivity contribution in [1.82, 2.24) is 15.2 Å². The second-order valence-corrected chi connectivity index (χ2v) is 8.74. The minimum Gasteiger partial charge on any atom is -0.484 e. The SMILES string of the molecule is CC(C)(C)C(NC(=O)c1cc(OCC(F)(F)F)c(C2CC2)cn1)C(=O)N1CCC1. The standard InChI is InChI=1S/C20H26F3N3O3/c1-19(2,3)16(18(28)26-7-4-8-26)25-17(27)14-9-15(29-11-20(21,22)23)13(10-24-14)12-5-6-12/h9-10,12,16H,4-8,11H2,1-3H3,(H,25,27). The molecule has 1 atom stereocenters. The number of ether oxygens (including phenoxy) is 1. The van der Waals surface area contributed by atoms with Gasteiger partial charge in [0, 0.05) is 30.9 Å². The molecule has 0 bridgehead atoms. The Bertz CT molecular complexity index is 781. The third-order valence-electron chi connectivity index (χ3n) is 5.09. The summed E-state index contributed by atoms with van der Waals surface area (Å²) >= 11 is 0. The highest BCUT2D eigenvalue weighted by molar-refractivity contribution is 5.96. The highest BCUT2D eigenvalue weighted by Gasteiger charge is 2.38. The van der Waals surface area contributed by atoms with Crippen LogP contribution in [-0.2, 0) is 4.79 Å². The largest absolute Gasteiger partial charge is 0.484 e. The van der Waals surface area contributed by atoms with E-state index >= 15 is 0 Å². The van der Waals surface area contributed by atoms with Crippen molar-refractivity contribution >= 4 is 11.8 Å². The van der Waals surface area contributed by atoms with Gasteiger partial charge in [0.1, 0.15) is 17.5 Å². The zero-order valence-corrected chi connectivity index (χ0v) is 16.8. The van der Waals surface area contributed by atoms with Crippen LogP contribution in [0, 0.1) is 5.41 Å². The number of aromatic nitrogens is 1. The Balaban J connectivity index is 1.79. The fraction of sp³-hybridized carbons (Fsp3) is 0.650. The van der Waals surface area contributed by atoms with E-state index in [9.17, 15) is 22.8 Å². The molecule has 3 rings (SSSR count). The van der Waals surface area contributed by atoms with Crippen molar-refractivity contribution in [3.63, 3.8) is 0 Å². The number of rotatable bonds is 6. The normalized spacial score (nSPS) is 18.1. The van der Waals surface area contributed by atoms with E-state index < -0.39 is 30.1 Å². The molecular weight excluding hydrogens is 387 g/mol. The predicted molar refractivity (Wildman–Crippen MR) is 99.7 cm³/mol. The molecule has 2 heterocycles. The zero-order valence-electron chi connectivity index (χ0n) is 16.8. The summed E-state index contributed by atoms with van der Waals surface area (Å²) in [5.41, 5.74) is -0.0293. The molecule has 1 saturated heterocycles. The third kappa shape index (κ3) is 5.39. The van der Waals surface area contributed by atoms with Gasteiger partial charge in [0.15, 0.2) is 6.61 Å². The lowest BCUT2D eigenvalue weighted by molar-refractivity contribution is -0.153. The first-order valence-electron chi connectivity index (χ1n) is 9.75. The van der Waals surface area contributed by atoms with Gasteiger partial charge in [-0.25, -0.2) is 0 Å². The van der Waals surface area contributed by atoms with Gasteiger partial charge in [0.25, 0.3) is 5.91 Å². The number of carbonyl (C=O) groups excluding carboxylic acids is 2. The van der Waals surface area contributed by atoms with Gasteiger partial charge in [-0.05, 0) is 30.6 Å². The highest BCUT2D eigenvalue weighted by Crippen LogP contribution is 2.44. The Morgan fingerprint density at radius 3 is 2.41 bits per heavy atom. The molecule has 0 aromatic carbocycles. The van der Waals surface area contributed by atoms with Crippen LogP contribution in [0.3, 0.4) is 0 Å². The lowest BCUT2D eigenvalue weighted by Gasteiger charge is -2.38. The molecule has 2 aliphatic rings. The summed E-state index contributed by atoms with van der Waals surface area (Å²) in [5.74, 6) is -0.650. The number of hydrogen-bond acceptors (Lipinski definition) is 4. The van der Waals surface area contributed by atoms with Crippen LogP contribution in [0.25, 0.3) is 0 Å². The first-order chi connectivity index (χ1) is 13.5. The molecule has 1 saturated carbocycles. The van der Waals surface area contributed by atoms with Gasteiger partial charge in [-0.3, -0.25) is 14.6 Å². The van der Waals surface area contributed by atoms with Gasteiger partial charge in [-0.2, -0.15) is 13.2 Å². The zero-order chi connectivity index (χ0) is 21.4. The maximum absolute atomic E-state index is 12.8. The number of pyridine rings is 1. The molecule has 0 radical (unpaired) electrons. The van der Waals surface area contributed by atoms with Crippen LogP contribution in [0.15, 0.2) is 12.3 Å². The van der Waals surface area contributed by atoms with Crippen LogP contribution in [0.5, 0.6) is 5.75 Å². The van der Waals surface area contributed by atoms with Crippen LogP contribution in [0.2, 0.25) is 0 Å². The lowest BCUT2D eigenvalue weighted by atomic mass is 9.85. The van der Waals surface area contributed by atoms with Crippen LogP contribution >= 0.6 is 0 Å². The molecule has 1 aromatic rings. The molecular formula is C20H26F3N3O3. The maximum atomic E-state index is 12.8. The van der Waals surface area contributed by atoms with Crippen molar-refractivity contribution in [1.29, 1.82) is 0 Å². The Morgan fingerprint density at radius 1 is 1.28 bits per heavy atom. The summed E-state index contributed by atoms with van der Waals surface area (Å²) in [6.45, 7) is 5.41. The van der Waals surface area contributed by atoms with E-state index in [2.05, 4.69) is 10.3 Å². The first-order valence-corrected chi connectivity index (χ1v) is 9.75. The van der Waals surface area contributed by atoms with Crippen molar-refractivity contribution < 1.29 is 27.5 Å². The van der Waals surface area contributed by atoms with E-state index in [0.29, 0.717) is 18.7 Å². The Kier molecular flexibility index (Phi) is 5.78. The minimum atomic E-state index is -4.48. The first kappa shape index (κ1) is 21.4. The van der Waals surface area contributed by atoms with E-state index in [-0.39, 0.29) is 23.3 Å². The number of alkyl halides is 3. The molecule has 160 valence electrons. The predicted octanol–water partition coefficient (Wildman–Crippen LogP) is 3.28. The van der Waals surface area contributed by atoms with Crippen molar-refractivity contribution in [2.45, 2.75) is 58.2 Å². The molecule has 1 unspecified atom stereocenters. The second-order valence-electron chi connectivity index (χ2n) is 8.74. The number of amides is 2. The topological polar surface area (TPSA) is 71.5 Å². The molecule has 6 nitrogen and oxygen atoms in total. The summed E-state index contributed by atoms with van der Waals surface area (Å²) in [4.78, 5) is 31.3. The van der Waals surface area contributed by atoms with Crippen molar-refractivity contribution in [2.75, 3.05) is 19.7 Å². The van der Waals surface area contributed by atoms with E-state index in [0.717, 1.165) is 19.3 Å². The molecule has 1 aliphatic heterocycles. The minimum absolute atomic E-state index is 0.0198. The summed E-state index contributed by atoms with van der Waals surface area (Å²) in [6.07, 6.45) is -0.437. The summed E-state index contributed by atoms with van der Waals surface area (Å²) < 4.78 is 42.7. The number of carbonyl (C=O) groups is 2. The molecule has 1 aromatic heterocycles. The Labute approximate surface area is 167 Å². The van der Waals surface area contributed by atoms with Crippen LogP contribution in [-0.4, -0.2) is 53.6 Å². The average molecular weight is 413 g/mol. The van der Waals surface area contributed by atoms with E-state index in [1.807, 2.05) is 20.8 Å². The van der Waals surface area contributed by atoms with E-state index in [1.54, 1.807) is 4.90 Å². The number of nitrogens with one attached hydrogen (secondary N) is 1. The molecule has 29 heavy (non-hydrogen) atoms. The monoisotopic (exact) mass is 413 g/mol. The van der Waals surface area contributed by atoms with Gasteiger partial charge in [-0.1, -0.05) is 20.8 Å². The number of hydrogen-bond donors (Lipinski definition) is 1. The summed E-state index contributed by atoms with van der Waals surface area (Å²) in [5, 5.41) is 2.72. The Morgan fingerprint density at radius 2 is 1.93 bits per heavy atom. The smallest absolute Gasteiger partial charge is 0.422 e. The van der Waals surface area contributed by atoms with Crippen molar-refractivity contribution in [3.05, 3.63) is 23.5 Å². The number of nitrogens with zero attached hydrogens (tertiary/aromatic N) is 2. The third-order valence-corrected chi connectivity index (χ3v) is 5.09. The number of likely N-dealkylation sites (tertiary alicyclic amines) is 1. The summed E-state index contributed by atoms with van der Waals surface area (Å²) in [6, 6.07) is 0.475. The van der Waals surface area contributed by atoms with Crippen LogP contribution < -0.4 is 10.1 Å². The second kappa shape index (κ2) is 7.84. The fourth-order valence-corrected chi connectivity index (χ4v) is 3.13. The molecule has 9 heteroatoms. The van der Waals surface area contributed by atoms with Gasteiger partial charge in [0.05, 0.1) is 0 Å². The molecule has 1 N–H and O–H groups in total. The molecule has 2 amide bonds.